The van der Waals surface area contributed by atoms with Crippen LogP contribution in [0.25, 0.3) is 0 Å². The summed E-state index contributed by atoms with van der Waals surface area (Å²) >= 11 is 0. The van der Waals surface area contributed by atoms with Crippen LogP contribution in [0.4, 0.5) is 0 Å². The van der Waals surface area contributed by atoms with Gasteiger partial charge >= 0.3 is 0 Å². The first-order chi connectivity index (χ1) is 7.68. The van der Waals surface area contributed by atoms with Crippen molar-refractivity contribution in [2.24, 2.45) is 5.92 Å². The predicted octanol–water partition coefficient (Wildman–Crippen LogP) is 4.05. The summed E-state index contributed by atoms with van der Waals surface area (Å²) in [6.45, 7) is 3.79. The largest absolute Gasteiger partial charge is 0.466 e. The van der Waals surface area contributed by atoms with Gasteiger partial charge in [0.25, 0.3) is 0 Å². The fraction of sp³-hybridized carbons (Fsp3) is 0.643. The first kappa shape index (κ1) is 11.4. The summed E-state index contributed by atoms with van der Waals surface area (Å²) in [6, 6.07) is 1.89. The third-order valence-electron chi connectivity index (χ3n) is 3.53. The summed E-state index contributed by atoms with van der Waals surface area (Å²) < 4.78 is 5.44. The molecule has 2 rings (SSSR count). The van der Waals surface area contributed by atoms with E-state index in [9.17, 15) is 4.79 Å². The van der Waals surface area contributed by atoms with Crippen LogP contribution in [0.5, 0.6) is 0 Å². The molecule has 0 bridgehead atoms. The van der Waals surface area contributed by atoms with Gasteiger partial charge in [0.15, 0.2) is 5.78 Å². The average Bonchev–Trinajstić information content (AvgIpc) is 2.49. The van der Waals surface area contributed by atoms with Gasteiger partial charge in [0, 0.05) is 5.92 Å². The van der Waals surface area contributed by atoms with E-state index >= 15 is 0 Å². The molecule has 88 valence electrons. The van der Waals surface area contributed by atoms with Gasteiger partial charge in [-0.3, -0.25) is 4.79 Å². The molecular formula is C14H20O2. The molecule has 1 fully saturated rings. The lowest BCUT2D eigenvalue weighted by molar-refractivity contribution is 0.0906. The van der Waals surface area contributed by atoms with Crippen molar-refractivity contribution in [1.82, 2.24) is 0 Å². The molecule has 16 heavy (non-hydrogen) atoms. The summed E-state index contributed by atoms with van der Waals surface area (Å²) in [5.74, 6) is 2.16. The molecule has 0 atom stereocenters. The van der Waals surface area contributed by atoms with Gasteiger partial charge in [-0.25, -0.2) is 0 Å². The number of hydrogen-bond donors (Lipinski definition) is 0. The minimum atomic E-state index is 0.234. The highest BCUT2D eigenvalue weighted by atomic mass is 16.3. The van der Waals surface area contributed by atoms with Gasteiger partial charge in [-0.2, -0.15) is 0 Å². The van der Waals surface area contributed by atoms with Gasteiger partial charge in [-0.1, -0.05) is 25.7 Å². The van der Waals surface area contributed by atoms with Crippen LogP contribution in [0.3, 0.4) is 0 Å². The van der Waals surface area contributed by atoms with Gasteiger partial charge < -0.3 is 4.42 Å². The minimum Gasteiger partial charge on any atom is -0.466 e. The lowest BCUT2D eigenvalue weighted by Gasteiger charge is -2.11. The number of furan rings is 1. The highest BCUT2D eigenvalue weighted by Gasteiger charge is 2.24. The summed E-state index contributed by atoms with van der Waals surface area (Å²) in [5, 5.41) is 0. The van der Waals surface area contributed by atoms with Gasteiger partial charge in [-0.05, 0) is 32.8 Å². The molecular weight excluding hydrogens is 200 g/mol. The average molecular weight is 220 g/mol. The van der Waals surface area contributed by atoms with Crippen LogP contribution in [-0.2, 0) is 0 Å². The summed E-state index contributed by atoms with van der Waals surface area (Å²) in [7, 11) is 0. The van der Waals surface area contributed by atoms with Crippen molar-refractivity contribution in [3.63, 3.8) is 0 Å². The molecule has 0 radical (unpaired) electrons. The standard InChI is InChI=1S/C14H20O2/c1-10-9-13(11(2)16-10)14(15)12-7-5-3-4-6-8-12/h9,12H,3-8H2,1-2H3. The molecule has 2 nitrogen and oxygen atoms in total. The fourth-order valence-electron chi connectivity index (χ4n) is 2.64. The molecule has 1 saturated carbocycles. The molecule has 0 unspecified atom stereocenters. The maximum atomic E-state index is 12.3. The number of hydrogen-bond acceptors (Lipinski definition) is 2. The van der Waals surface area contributed by atoms with Crippen molar-refractivity contribution in [2.75, 3.05) is 0 Å². The van der Waals surface area contributed by atoms with E-state index in [1.807, 2.05) is 19.9 Å². The molecule has 0 spiro atoms. The molecule has 1 aromatic rings. The Hall–Kier alpha value is -1.05. The highest BCUT2D eigenvalue weighted by Crippen LogP contribution is 2.28. The molecule has 0 aromatic carbocycles. The Morgan fingerprint density at radius 2 is 1.81 bits per heavy atom. The van der Waals surface area contributed by atoms with Crippen LogP contribution in [0.2, 0.25) is 0 Å². The lowest BCUT2D eigenvalue weighted by atomic mass is 9.91. The third-order valence-corrected chi connectivity index (χ3v) is 3.53. The van der Waals surface area contributed by atoms with Crippen LogP contribution in [0.15, 0.2) is 10.5 Å². The van der Waals surface area contributed by atoms with E-state index in [1.165, 1.54) is 25.7 Å². The van der Waals surface area contributed by atoms with E-state index < -0.39 is 0 Å². The van der Waals surface area contributed by atoms with Crippen molar-refractivity contribution in [1.29, 1.82) is 0 Å². The monoisotopic (exact) mass is 220 g/mol. The van der Waals surface area contributed by atoms with Crippen LogP contribution in [0, 0.1) is 19.8 Å². The van der Waals surface area contributed by atoms with Gasteiger partial charge in [-0.15, -0.1) is 0 Å². The Kier molecular flexibility index (Phi) is 3.47. The fourth-order valence-corrected chi connectivity index (χ4v) is 2.64. The molecule has 0 aliphatic heterocycles. The molecule has 1 aliphatic rings. The summed E-state index contributed by atoms with van der Waals surface area (Å²) in [4.78, 5) is 12.3. The van der Waals surface area contributed by atoms with E-state index in [2.05, 4.69) is 0 Å². The summed E-state index contributed by atoms with van der Waals surface area (Å²) in [6.07, 6.45) is 7.09. The molecule has 1 heterocycles. The number of carbonyl (C=O) groups is 1. The second kappa shape index (κ2) is 4.86. The van der Waals surface area contributed by atoms with E-state index in [0.717, 1.165) is 29.9 Å². The lowest BCUT2D eigenvalue weighted by Crippen LogP contribution is -2.14. The van der Waals surface area contributed by atoms with Crippen molar-refractivity contribution in [3.05, 3.63) is 23.2 Å². The van der Waals surface area contributed by atoms with Gasteiger partial charge in [0.2, 0.25) is 0 Å². The number of ketones is 1. The van der Waals surface area contributed by atoms with Crippen molar-refractivity contribution in [2.45, 2.75) is 52.4 Å². The van der Waals surface area contributed by atoms with Gasteiger partial charge in [0.05, 0.1) is 5.56 Å². The Morgan fingerprint density at radius 3 is 2.31 bits per heavy atom. The molecule has 1 aromatic heterocycles. The third kappa shape index (κ3) is 2.37. The number of aryl methyl sites for hydroxylation is 2. The highest BCUT2D eigenvalue weighted by molar-refractivity contribution is 5.98. The second-order valence-electron chi connectivity index (χ2n) is 4.88. The molecule has 2 heteroatoms. The first-order valence-electron chi connectivity index (χ1n) is 6.29. The number of carbonyl (C=O) groups excluding carboxylic acids is 1. The first-order valence-corrected chi connectivity index (χ1v) is 6.29. The molecule has 0 N–H and O–H groups in total. The van der Waals surface area contributed by atoms with Crippen LogP contribution in [-0.4, -0.2) is 5.78 Å². The SMILES string of the molecule is Cc1cc(C(=O)C2CCCCCC2)c(C)o1. The van der Waals surface area contributed by atoms with E-state index in [4.69, 9.17) is 4.42 Å². The predicted molar refractivity (Wildman–Crippen MR) is 63.7 cm³/mol. The van der Waals surface area contributed by atoms with E-state index in [0.29, 0.717) is 5.78 Å². The zero-order valence-corrected chi connectivity index (χ0v) is 10.2. The minimum absolute atomic E-state index is 0.234. The smallest absolute Gasteiger partial charge is 0.169 e. The van der Waals surface area contributed by atoms with Crippen LogP contribution >= 0.6 is 0 Å². The van der Waals surface area contributed by atoms with Crippen molar-refractivity contribution in [3.8, 4) is 0 Å². The van der Waals surface area contributed by atoms with Gasteiger partial charge in [0.1, 0.15) is 11.5 Å². The second-order valence-corrected chi connectivity index (χ2v) is 4.88. The topological polar surface area (TPSA) is 30.2 Å². The quantitative estimate of drug-likeness (QED) is 0.556. The Balaban J connectivity index is 2.14. The van der Waals surface area contributed by atoms with E-state index in [1.54, 1.807) is 0 Å². The van der Waals surface area contributed by atoms with Crippen molar-refractivity contribution < 1.29 is 9.21 Å². The maximum Gasteiger partial charge on any atom is 0.169 e. The van der Waals surface area contributed by atoms with E-state index in [-0.39, 0.29) is 5.92 Å². The Labute approximate surface area is 97.0 Å². The molecule has 1 aliphatic carbocycles. The Bertz CT molecular complexity index is 368. The van der Waals surface area contributed by atoms with Crippen LogP contribution in [0.1, 0.15) is 60.4 Å². The zero-order chi connectivity index (χ0) is 11.5. The molecule has 0 amide bonds. The van der Waals surface area contributed by atoms with Crippen LogP contribution < -0.4 is 0 Å². The number of rotatable bonds is 2. The van der Waals surface area contributed by atoms with Crippen molar-refractivity contribution >= 4 is 5.78 Å². The molecule has 0 saturated heterocycles. The summed E-state index contributed by atoms with van der Waals surface area (Å²) in [5.41, 5.74) is 0.810. The maximum absolute atomic E-state index is 12.3. The zero-order valence-electron chi connectivity index (χ0n) is 10.2. The Morgan fingerprint density at radius 1 is 1.19 bits per heavy atom. The number of Topliss-reactive ketones (excluding diaryl/α,β-unsaturated/α-hetero) is 1. The normalized spacial score (nSPS) is 18.4.